The molecule has 1 aliphatic rings. The van der Waals surface area contributed by atoms with Gasteiger partial charge in [0.05, 0.1) is 17.0 Å². The zero-order chi connectivity index (χ0) is 13.1. The summed E-state index contributed by atoms with van der Waals surface area (Å²) in [5, 5.41) is 0.0334. The van der Waals surface area contributed by atoms with Gasteiger partial charge in [0.15, 0.2) is 0 Å². The molecule has 1 heterocycles. The van der Waals surface area contributed by atoms with Crippen LogP contribution in [0.2, 0.25) is 0 Å². The molecule has 0 aliphatic carbocycles. The number of ether oxygens (including phenoxy) is 2. The van der Waals surface area contributed by atoms with Crippen LogP contribution in [0.1, 0.15) is 24.3 Å². The normalized spacial score (nSPS) is 25.8. The quantitative estimate of drug-likeness (QED) is 0.763. The van der Waals surface area contributed by atoms with Crippen LogP contribution in [0.3, 0.4) is 0 Å². The third-order valence-electron chi connectivity index (χ3n) is 3.58. The number of alkyl halides is 1. The number of methoxy groups -OCH3 is 1. The van der Waals surface area contributed by atoms with Crippen LogP contribution >= 0.6 is 27.5 Å². The second-order valence-electron chi connectivity index (χ2n) is 4.80. The Morgan fingerprint density at radius 2 is 2.28 bits per heavy atom. The minimum Gasteiger partial charge on any atom is -0.496 e. The lowest BCUT2D eigenvalue weighted by atomic mass is 9.84. The molecule has 0 saturated carbocycles. The molecule has 1 aliphatic heterocycles. The predicted molar refractivity (Wildman–Crippen MR) is 77.4 cm³/mol. The van der Waals surface area contributed by atoms with E-state index < -0.39 is 0 Å². The molecule has 0 aromatic heterocycles. The van der Waals surface area contributed by atoms with Gasteiger partial charge in [0, 0.05) is 13.2 Å². The molecule has 0 spiro atoms. The topological polar surface area (TPSA) is 18.5 Å². The van der Waals surface area contributed by atoms with Gasteiger partial charge in [0.1, 0.15) is 5.75 Å². The Kier molecular flexibility index (Phi) is 4.93. The van der Waals surface area contributed by atoms with Crippen molar-refractivity contribution in [3.05, 3.63) is 28.2 Å². The van der Waals surface area contributed by atoms with Crippen LogP contribution in [-0.4, -0.2) is 20.3 Å². The molecular formula is C14H18BrClO2. The molecule has 0 amide bonds. The van der Waals surface area contributed by atoms with Crippen LogP contribution in [0, 0.1) is 11.8 Å². The Morgan fingerprint density at radius 3 is 2.89 bits per heavy atom. The van der Waals surface area contributed by atoms with Gasteiger partial charge >= 0.3 is 0 Å². The van der Waals surface area contributed by atoms with E-state index in [2.05, 4.69) is 28.9 Å². The first kappa shape index (κ1) is 14.2. The zero-order valence-electron chi connectivity index (χ0n) is 10.7. The lowest BCUT2D eigenvalue weighted by Crippen LogP contribution is -2.28. The average molecular weight is 334 g/mol. The highest BCUT2D eigenvalue weighted by atomic mass is 79.9. The molecule has 1 aromatic rings. The smallest absolute Gasteiger partial charge is 0.133 e. The Bertz CT molecular complexity index is 411. The minimum absolute atomic E-state index is 0.0334. The molecule has 18 heavy (non-hydrogen) atoms. The summed E-state index contributed by atoms with van der Waals surface area (Å²) in [5.41, 5.74) is 1.14. The zero-order valence-corrected chi connectivity index (χ0v) is 13.0. The molecule has 2 rings (SSSR count). The number of halogens is 2. The molecule has 3 unspecified atom stereocenters. The maximum atomic E-state index is 6.63. The van der Waals surface area contributed by atoms with E-state index in [0.717, 1.165) is 35.4 Å². The third kappa shape index (κ3) is 3.01. The highest BCUT2D eigenvalue weighted by Gasteiger charge is 2.29. The van der Waals surface area contributed by atoms with Crippen LogP contribution in [0.5, 0.6) is 5.75 Å². The van der Waals surface area contributed by atoms with Gasteiger partial charge in [-0.25, -0.2) is 0 Å². The predicted octanol–water partition coefficient (Wildman–Crippen LogP) is 4.41. The summed E-state index contributed by atoms with van der Waals surface area (Å²) in [4.78, 5) is 0. The molecule has 1 fully saturated rings. The maximum absolute atomic E-state index is 6.63. The Labute approximate surface area is 122 Å². The first-order valence-corrected chi connectivity index (χ1v) is 7.41. The van der Waals surface area contributed by atoms with E-state index in [1.165, 1.54) is 0 Å². The van der Waals surface area contributed by atoms with Crippen molar-refractivity contribution in [1.29, 1.82) is 0 Å². The van der Waals surface area contributed by atoms with Crippen molar-refractivity contribution in [2.75, 3.05) is 20.3 Å². The molecule has 3 atom stereocenters. The second kappa shape index (κ2) is 6.27. The lowest BCUT2D eigenvalue weighted by molar-refractivity contribution is 0.0228. The fourth-order valence-corrected chi connectivity index (χ4v) is 3.50. The summed E-state index contributed by atoms with van der Waals surface area (Å²) in [6, 6.07) is 6.06. The number of benzene rings is 1. The summed E-state index contributed by atoms with van der Waals surface area (Å²) in [5.74, 6) is 1.81. The third-order valence-corrected chi connectivity index (χ3v) is 4.77. The molecule has 4 heteroatoms. The largest absolute Gasteiger partial charge is 0.496 e. The molecule has 0 radical (unpaired) electrons. The second-order valence-corrected chi connectivity index (χ2v) is 6.13. The molecule has 2 nitrogen and oxygen atoms in total. The fraction of sp³-hybridized carbons (Fsp3) is 0.571. The van der Waals surface area contributed by atoms with E-state index in [-0.39, 0.29) is 5.38 Å². The van der Waals surface area contributed by atoms with Crippen molar-refractivity contribution in [3.8, 4) is 5.75 Å². The first-order chi connectivity index (χ1) is 8.63. The molecule has 1 saturated heterocycles. The summed E-state index contributed by atoms with van der Waals surface area (Å²) >= 11 is 10.1. The summed E-state index contributed by atoms with van der Waals surface area (Å²) in [6.07, 6.45) is 1.03. The highest BCUT2D eigenvalue weighted by Crippen LogP contribution is 2.40. The molecule has 100 valence electrons. The molecule has 0 N–H and O–H groups in total. The Balaban J connectivity index is 2.17. The van der Waals surface area contributed by atoms with Crippen molar-refractivity contribution in [2.45, 2.75) is 18.7 Å². The van der Waals surface area contributed by atoms with Crippen molar-refractivity contribution in [3.63, 3.8) is 0 Å². The standard InChI is InChI=1S/C14H18BrClO2/c1-9-8-18-6-5-11(9)14(16)10-3-4-13(17-2)12(15)7-10/h3-4,7,9,11,14H,5-6,8H2,1-2H3. The Hall–Kier alpha value is -0.250. The lowest BCUT2D eigenvalue weighted by Gasteiger charge is -2.32. The molecule has 1 aromatic carbocycles. The van der Waals surface area contributed by atoms with Gasteiger partial charge in [-0.2, -0.15) is 0 Å². The minimum atomic E-state index is 0.0334. The van der Waals surface area contributed by atoms with Crippen LogP contribution in [0.15, 0.2) is 22.7 Å². The van der Waals surface area contributed by atoms with Crippen molar-refractivity contribution >= 4 is 27.5 Å². The van der Waals surface area contributed by atoms with Crippen molar-refractivity contribution < 1.29 is 9.47 Å². The summed E-state index contributed by atoms with van der Waals surface area (Å²) in [6.45, 7) is 3.83. The SMILES string of the molecule is COc1ccc(C(Cl)C2CCOCC2C)cc1Br. The van der Waals surface area contributed by atoms with Crippen LogP contribution < -0.4 is 4.74 Å². The average Bonchev–Trinajstić information content (AvgIpc) is 2.38. The molecule has 0 bridgehead atoms. The number of hydrogen-bond donors (Lipinski definition) is 0. The van der Waals surface area contributed by atoms with Gasteiger partial charge in [-0.1, -0.05) is 13.0 Å². The molecular weight excluding hydrogens is 316 g/mol. The summed E-state index contributed by atoms with van der Waals surface area (Å²) < 4.78 is 11.7. The highest BCUT2D eigenvalue weighted by molar-refractivity contribution is 9.10. The summed E-state index contributed by atoms with van der Waals surface area (Å²) in [7, 11) is 1.67. The maximum Gasteiger partial charge on any atom is 0.133 e. The monoisotopic (exact) mass is 332 g/mol. The van der Waals surface area contributed by atoms with Gasteiger partial charge in [0.25, 0.3) is 0 Å². The van der Waals surface area contributed by atoms with E-state index in [4.69, 9.17) is 21.1 Å². The van der Waals surface area contributed by atoms with Gasteiger partial charge in [-0.15, -0.1) is 11.6 Å². The van der Waals surface area contributed by atoms with Crippen LogP contribution in [0.4, 0.5) is 0 Å². The van der Waals surface area contributed by atoms with E-state index in [1.54, 1.807) is 7.11 Å². The van der Waals surface area contributed by atoms with Gasteiger partial charge in [0.2, 0.25) is 0 Å². The van der Waals surface area contributed by atoms with Crippen LogP contribution in [-0.2, 0) is 4.74 Å². The van der Waals surface area contributed by atoms with Crippen molar-refractivity contribution in [2.24, 2.45) is 11.8 Å². The van der Waals surface area contributed by atoms with Crippen molar-refractivity contribution in [1.82, 2.24) is 0 Å². The fourth-order valence-electron chi connectivity index (χ4n) is 2.43. The van der Waals surface area contributed by atoms with Crippen LogP contribution in [0.25, 0.3) is 0 Å². The van der Waals surface area contributed by atoms with Gasteiger partial charge < -0.3 is 9.47 Å². The number of hydrogen-bond acceptors (Lipinski definition) is 2. The Morgan fingerprint density at radius 1 is 1.50 bits per heavy atom. The van der Waals surface area contributed by atoms with E-state index in [0.29, 0.717) is 11.8 Å². The van der Waals surface area contributed by atoms with Gasteiger partial charge in [-0.3, -0.25) is 0 Å². The first-order valence-electron chi connectivity index (χ1n) is 6.18. The van der Waals surface area contributed by atoms with E-state index in [9.17, 15) is 0 Å². The van der Waals surface area contributed by atoms with Gasteiger partial charge in [-0.05, 0) is 51.9 Å². The van der Waals surface area contributed by atoms with E-state index >= 15 is 0 Å². The van der Waals surface area contributed by atoms with E-state index in [1.807, 2.05) is 12.1 Å². The number of rotatable bonds is 3.